The molecule has 1 atom stereocenters. The molecule has 0 spiro atoms. The topological polar surface area (TPSA) is 55.4 Å². The van der Waals surface area contributed by atoms with Crippen molar-refractivity contribution in [1.29, 1.82) is 0 Å². The van der Waals surface area contributed by atoms with Crippen molar-refractivity contribution in [3.8, 4) is 5.75 Å². The van der Waals surface area contributed by atoms with Crippen LogP contribution in [0, 0.1) is 6.92 Å². The number of benzene rings is 3. The van der Waals surface area contributed by atoms with Gasteiger partial charge in [-0.1, -0.05) is 67.1 Å². The van der Waals surface area contributed by atoms with Crippen molar-refractivity contribution in [2.45, 2.75) is 26.4 Å². The lowest BCUT2D eigenvalue weighted by Gasteiger charge is -2.19. The maximum atomic E-state index is 12.9. The van der Waals surface area contributed by atoms with Gasteiger partial charge < -0.3 is 10.1 Å². The Labute approximate surface area is 175 Å². The van der Waals surface area contributed by atoms with Crippen molar-refractivity contribution in [3.63, 3.8) is 0 Å². The number of amides is 1. The van der Waals surface area contributed by atoms with Crippen LogP contribution in [-0.2, 0) is 4.79 Å². The van der Waals surface area contributed by atoms with E-state index in [2.05, 4.69) is 5.32 Å². The Morgan fingerprint density at radius 2 is 1.69 bits per heavy atom. The highest BCUT2D eigenvalue weighted by molar-refractivity contribution is 6.31. The summed E-state index contributed by atoms with van der Waals surface area (Å²) in [5.74, 6) is 0.127. The molecule has 4 nitrogen and oxygen atoms in total. The molecule has 0 heterocycles. The zero-order chi connectivity index (χ0) is 20.8. The molecule has 1 N–H and O–H groups in total. The molecule has 0 saturated heterocycles. The van der Waals surface area contributed by atoms with Crippen molar-refractivity contribution in [2.24, 2.45) is 0 Å². The quantitative estimate of drug-likeness (QED) is 0.513. The fraction of sp³-hybridized carbons (Fsp3) is 0.167. The van der Waals surface area contributed by atoms with Gasteiger partial charge in [0.2, 0.25) is 0 Å². The third-order valence-corrected chi connectivity index (χ3v) is 4.78. The molecule has 1 amide bonds. The van der Waals surface area contributed by atoms with Gasteiger partial charge in [-0.15, -0.1) is 0 Å². The van der Waals surface area contributed by atoms with Crippen LogP contribution in [0.5, 0.6) is 5.75 Å². The number of hydrogen-bond acceptors (Lipinski definition) is 3. The number of para-hydroxylation sites is 1. The lowest BCUT2D eigenvalue weighted by Crippen LogP contribution is -2.33. The Bertz CT molecular complexity index is 1020. The number of nitrogens with one attached hydrogen (secondary N) is 1. The number of anilines is 1. The SMILES string of the molecule is CCC(Oc1ccccc1C)C(=O)Nc1ccc(Cl)cc1C(=O)c1ccccc1. The number of rotatable bonds is 7. The Morgan fingerprint density at radius 1 is 1.00 bits per heavy atom. The molecule has 5 heteroatoms. The van der Waals surface area contributed by atoms with Crippen molar-refractivity contribution in [1.82, 2.24) is 0 Å². The molecule has 0 saturated carbocycles. The third-order valence-electron chi connectivity index (χ3n) is 4.55. The van der Waals surface area contributed by atoms with Crippen LogP contribution in [0.25, 0.3) is 0 Å². The second kappa shape index (κ2) is 9.39. The lowest BCUT2D eigenvalue weighted by atomic mass is 10.0. The lowest BCUT2D eigenvalue weighted by molar-refractivity contribution is -0.122. The minimum atomic E-state index is -0.688. The Balaban J connectivity index is 1.84. The molecule has 1 unspecified atom stereocenters. The van der Waals surface area contributed by atoms with Crippen molar-refractivity contribution < 1.29 is 14.3 Å². The van der Waals surface area contributed by atoms with E-state index in [9.17, 15) is 9.59 Å². The summed E-state index contributed by atoms with van der Waals surface area (Å²) in [5, 5.41) is 3.26. The van der Waals surface area contributed by atoms with Gasteiger partial charge in [0.1, 0.15) is 5.75 Å². The van der Waals surface area contributed by atoms with Gasteiger partial charge in [0.25, 0.3) is 5.91 Å². The van der Waals surface area contributed by atoms with E-state index in [1.54, 1.807) is 42.5 Å². The standard InChI is InChI=1S/C24H22ClNO3/c1-3-21(29-22-12-8-7-9-16(22)2)24(28)26-20-14-13-18(25)15-19(20)23(27)17-10-5-4-6-11-17/h4-15,21H,3H2,1-2H3,(H,26,28). The van der Waals surface area contributed by atoms with Gasteiger partial charge in [-0.05, 0) is 43.2 Å². The molecule has 0 bridgehead atoms. The third kappa shape index (κ3) is 5.04. The predicted molar refractivity (Wildman–Crippen MR) is 116 cm³/mol. The van der Waals surface area contributed by atoms with Crippen LogP contribution in [0.1, 0.15) is 34.8 Å². The molecular formula is C24H22ClNO3. The van der Waals surface area contributed by atoms with Gasteiger partial charge in [0.05, 0.1) is 5.69 Å². The zero-order valence-electron chi connectivity index (χ0n) is 16.3. The molecular weight excluding hydrogens is 386 g/mol. The van der Waals surface area contributed by atoms with Gasteiger partial charge in [0, 0.05) is 16.1 Å². The number of halogens is 1. The fourth-order valence-corrected chi connectivity index (χ4v) is 3.11. The normalized spacial score (nSPS) is 11.6. The van der Waals surface area contributed by atoms with Crippen LogP contribution < -0.4 is 10.1 Å². The van der Waals surface area contributed by atoms with Crippen LogP contribution in [-0.4, -0.2) is 17.8 Å². The summed E-state index contributed by atoms with van der Waals surface area (Å²) >= 11 is 6.11. The molecule has 0 aliphatic rings. The highest BCUT2D eigenvalue weighted by Crippen LogP contribution is 2.25. The molecule has 148 valence electrons. The van der Waals surface area contributed by atoms with Gasteiger partial charge in [-0.25, -0.2) is 0 Å². The van der Waals surface area contributed by atoms with Crippen LogP contribution in [0.4, 0.5) is 5.69 Å². The summed E-state index contributed by atoms with van der Waals surface area (Å²) in [6.45, 7) is 3.80. The smallest absolute Gasteiger partial charge is 0.265 e. The van der Waals surface area contributed by atoms with Gasteiger partial charge >= 0.3 is 0 Å². The van der Waals surface area contributed by atoms with E-state index in [1.807, 2.05) is 44.2 Å². The van der Waals surface area contributed by atoms with Gasteiger partial charge in [-0.3, -0.25) is 9.59 Å². The average Bonchev–Trinajstić information content (AvgIpc) is 2.74. The highest BCUT2D eigenvalue weighted by atomic mass is 35.5. The van der Waals surface area contributed by atoms with Crippen LogP contribution >= 0.6 is 11.6 Å². The van der Waals surface area contributed by atoms with E-state index in [1.165, 1.54) is 0 Å². The predicted octanol–water partition coefficient (Wildman–Crippen LogP) is 5.68. The second-order valence-electron chi connectivity index (χ2n) is 6.65. The average molecular weight is 408 g/mol. The van der Waals surface area contributed by atoms with Crippen LogP contribution in [0.2, 0.25) is 5.02 Å². The molecule has 0 aromatic heterocycles. The summed E-state index contributed by atoms with van der Waals surface area (Å²) in [5.41, 5.74) is 2.21. The second-order valence-corrected chi connectivity index (χ2v) is 7.09. The van der Waals surface area contributed by atoms with E-state index in [4.69, 9.17) is 16.3 Å². The zero-order valence-corrected chi connectivity index (χ0v) is 17.1. The number of ether oxygens (including phenoxy) is 1. The van der Waals surface area contributed by atoms with E-state index in [0.29, 0.717) is 34.0 Å². The molecule has 3 aromatic rings. The van der Waals surface area contributed by atoms with Gasteiger partial charge in [0.15, 0.2) is 11.9 Å². The Morgan fingerprint density at radius 3 is 2.38 bits per heavy atom. The van der Waals surface area contributed by atoms with Crippen molar-refractivity contribution in [2.75, 3.05) is 5.32 Å². The monoisotopic (exact) mass is 407 g/mol. The number of hydrogen-bond donors (Lipinski definition) is 1. The summed E-state index contributed by atoms with van der Waals surface area (Å²) in [7, 11) is 0. The summed E-state index contributed by atoms with van der Waals surface area (Å²) < 4.78 is 5.91. The Hall–Kier alpha value is -3.11. The number of ketones is 1. The summed E-state index contributed by atoms with van der Waals surface area (Å²) in [6, 6.07) is 21.3. The first kappa shape index (κ1) is 20.6. The first-order chi connectivity index (χ1) is 14.0. The Kier molecular flexibility index (Phi) is 6.68. The van der Waals surface area contributed by atoms with E-state index in [-0.39, 0.29) is 11.7 Å². The molecule has 3 aromatic carbocycles. The van der Waals surface area contributed by atoms with Crippen molar-refractivity contribution in [3.05, 3.63) is 94.5 Å². The summed E-state index contributed by atoms with van der Waals surface area (Å²) in [6.07, 6.45) is -0.207. The summed E-state index contributed by atoms with van der Waals surface area (Å²) in [4.78, 5) is 25.8. The number of aryl methyl sites for hydroxylation is 1. The maximum absolute atomic E-state index is 12.9. The molecule has 3 rings (SSSR count). The number of carbonyl (C=O) groups excluding carboxylic acids is 2. The van der Waals surface area contributed by atoms with Crippen LogP contribution in [0.3, 0.4) is 0 Å². The van der Waals surface area contributed by atoms with E-state index >= 15 is 0 Å². The first-order valence-corrected chi connectivity index (χ1v) is 9.80. The first-order valence-electron chi connectivity index (χ1n) is 9.42. The molecule has 0 radical (unpaired) electrons. The highest BCUT2D eigenvalue weighted by Gasteiger charge is 2.22. The molecule has 0 aliphatic heterocycles. The van der Waals surface area contributed by atoms with Crippen LogP contribution in [0.15, 0.2) is 72.8 Å². The molecule has 0 fully saturated rings. The van der Waals surface area contributed by atoms with E-state index < -0.39 is 6.10 Å². The largest absolute Gasteiger partial charge is 0.480 e. The fourth-order valence-electron chi connectivity index (χ4n) is 2.94. The minimum Gasteiger partial charge on any atom is -0.480 e. The van der Waals surface area contributed by atoms with Crippen molar-refractivity contribution >= 4 is 29.0 Å². The number of carbonyl (C=O) groups is 2. The molecule has 0 aliphatic carbocycles. The minimum absolute atomic E-state index is 0.212. The van der Waals surface area contributed by atoms with Gasteiger partial charge in [-0.2, -0.15) is 0 Å². The van der Waals surface area contributed by atoms with E-state index in [0.717, 1.165) is 5.56 Å². The maximum Gasteiger partial charge on any atom is 0.265 e. The molecule has 29 heavy (non-hydrogen) atoms.